The minimum atomic E-state index is -0.374. The summed E-state index contributed by atoms with van der Waals surface area (Å²) in [6, 6.07) is 10.6. The molecule has 2 aliphatic heterocycles. The van der Waals surface area contributed by atoms with Gasteiger partial charge in [-0.05, 0) is 43.7 Å². The number of hydrogen-bond acceptors (Lipinski definition) is 3. The average molecular weight is 306 g/mol. The van der Waals surface area contributed by atoms with Crippen molar-refractivity contribution in [2.75, 3.05) is 25.0 Å². The Balaban J connectivity index is 1.84. The van der Waals surface area contributed by atoms with Crippen LogP contribution in [0.4, 0.5) is 5.69 Å². The fourth-order valence-electron chi connectivity index (χ4n) is 3.11. The summed E-state index contributed by atoms with van der Waals surface area (Å²) < 4.78 is 1.06. The number of nitrogens with one attached hydrogen (secondary N) is 1. The largest absolute Gasteiger partial charge is 0.367 e. The molecule has 3 rings (SSSR count). The zero-order valence-electron chi connectivity index (χ0n) is 10.2. The highest BCUT2D eigenvalue weighted by atomic mass is 79.9. The predicted molar refractivity (Wildman–Crippen MR) is 75.3 cm³/mol. The first-order chi connectivity index (χ1) is 8.72. The number of anilines is 1. The van der Waals surface area contributed by atoms with Crippen LogP contribution in [0.1, 0.15) is 12.8 Å². The molecule has 0 amide bonds. The highest BCUT2D eigenvalue weighted by Gasteiger charge is 2.46. The van der Waals surface area contributed by atoms with Crippen LogP contribution in [-0.2, 0) is 0 Å². The molecule has 2 aliphatic rings. The third kappa shape index (κ3) is 2.02. The van der Waals surface area contributed by atoms with Gasteiger partial charge < -0.3 is 10.2 Å². The van der Waals surface area contributed by atoms with Gasteiger partial charge in [0.15, 0.2) is 0 Å². The number of hydrogen-bond donors (Lipinski definition) is 1. The molecule has 94 valence electrons. The maximum absolute atomic E-state index is 9.64. The van der Waals surface area contributed by atoms with Gasteiger partial charge in [-0.2, -0.15) is 5.26 Å². The van der Waals surface area contributed by atoms with Crippen LogP contribution in [0.2, 0.25) is 0 Å². The Kier molecular flexibility index (Phi) is 3.04. The van der Waals surface area contributed by atoms with Crippen molar-refractivity contribution >= 4 is 21.6 Å². The molecule has 3 nitrogen and oxygen atoms in total. The lowest BCUT2D eigenvalue weighted by molar-refractivity contribution is 0.221. The van der Waals surface area contributed by atoms with E-state index in [0.29, 0.717) is 5.92 Å². The van der Waals surface area contributed by atoms with Crippen molar-refractivity contribution in [1.82, 2.24) is 4.90 Å². The lowest BCUT2D eigenvalue weighted by Crippen LogP contribution is -2.50. The molecule has 18 heavy (non-hydrogen) atoms. The summed E-state index contributed by atoms with van der Waals surface area (Å²) >= 11 is 3.43. The molecule has 1 aromatic rings. The van der Waals surface area contributed by atoms with E-state index in [9.17, 15) is 5.26 Å². The monoisotopic (exact) mass is 305 g/mol. The van der Waals surface area contributed by atoms with Crippen molar-refractivity contribution in [3.63, 3.8) is 0 Å². The quantitative estimate of drug-likeness (QED) is 0.913. The lowest BCUT2D eigenvalue weighted by atomic mass is 9.80. The number of nitriles is 1. The van der Waals surface area contributed by atoms with Gasteiger partial charge in [-0.1, -0.05) is 15.9 Å². The van der Waals surface area contributed by atoms with Gasteiger partial charge >= 0.3 is 0 Å². The molecule has 3 atom stereocenters. The summed E-state index contributed by atoms with van der Waals surface area (Å²) in [4.78, 5) is 2.46. The third-order valence-corrected chi connectivity index (χ3v) is 4.73. The van der Waals surface area contributed by atoms with Crippen LogP contribution in [-0.4, -0.2) is 30.1 Å². The summed E-state index contributed by atoms with van der Waals surface area (Å²) in [5.41, 5.74) is 0.668. The molecule has 0 spiro atoms. The Morgan fingerprint density at radius 1 is 1.33 bits per heavy atom. The second-order valence-corrected chi connectivity index (χ2v) is 6.17. The molecular formula is C14H16BrN3. The minimum Gasteiger partial charge on any atom is -0.367 e. The standard InChI is InChI=1S/C14H16BrN3/c15-12-1-3-13(4-2-12)17-14(10-16)6-8-18-7-5-11(14)9-18/h1-4,11,17H,5-9H2. The summed E-state index contributed by atoms with van der Waals surface area (Å²) in [5.74, 6) is 0.458. The molecule has 0 radical (unpaired) electrons. The molecular weight excluding hydrogens is 290 g/mol. The fourth-order valence-corrected chi connectivity index (χ4v) is 3.37. The number of nitrogens with zero attached hydrogens (tertiary/aromatic N) is 2. The molecule has 3 unspecified atom stereocenters. The summed E-state index contributed by atoms with van der Waals surface area (Å²) in [5, 5.41) is 13.1. The molecule has 2 saturated heterocycles. The highest BCUT2D eigenvalue weighted by Crippen LogP contribution is 2.37. The van der Waals surface area contributed by atoms with Crippen molar-refractivity contribution in [3.8, 4) is 6.07 Å². The van der Waals surface area contributed by atoms with E-state index >= 15 is 0 Å². The van der Waals surface area contributed by atoms with Crippen molar-refractivity contribution in [1.29, 1.82) is 5.26 Å². The molecule has 1 aromatic carbocycles. The van der Waals surface area contributed by atoms with Crippen LogP contribution in [0.15, 0.2) is 28.7 Å². The summed E-state index contributed by atoms with van der Waals surface area (Å²) in [7, 11) is 0. The van der Waals surface area contributed by atoms with E-state index in [0.717, 1.165) is 42.6 Å². The van der Waals surface area contributed by atoms with Gasteiger partial charge in [0.2, 0.25) is 0 Å². The van der Waals surface area contributed by atoms with Gasteiger partial charge in [0, 0.05) is 29.2 Å². The minimum absolute atomic E-state index is 0.374. The number of halogens is 1. The Morgan fingerprint density at radius 2 is 2.11 bits per heavy atom. The molecule has 0 aromatic heterocycles. The second-order valence-electron chi connectivity index (χ2n) is 5.25. The first-order valence-electron chi connectivity index (χ1n) is 6.39. The summed E-state index contributed by atoms with van der Waals surface area (Å²) in [6.07, 6.45) is 2.06. The first-order valence-corrected chi connectivity index (χ1v) is 7.18. The van der Waals surface area contributed by atoms with Crippen molar-refractivity contribution in [2.24, 2.45) is 5.92 Å². The molecule has 1 N–H and O–H groups in total. The zero-order chi connectivity index (χ0) is 12.6. The van der Waals surface area contributed by atoms with Crippen LogP contribution >= 0.6 is 15.9 Å². The number of rotatable bonds is 2. The highest BCUT2D eigenvalue weighted by molar-refractivity contribution is 9.10. The Bertz CT molecular complexity index is 479. The molecule has 0 saturated carbocycles. The number of piperidine rings is 1. The Hall–Kier alpha value is -1.05. The van der Waals surface area contributed by atoms with Gasteiger partial charge in [-0.15, -0.1) is 0 Å². The smallest absolute Gasteiger partial charge is 0.130 e. The Labute approximate surface area is 116 Å². The molecule has 0 aliphatic carbocycles. The van der Waals surface area contributed by atoms with Crippen molar-refractivity contribution in [2.45, 2.75) is 18.4 Å². The maximum Gasteiger partial charge on any atom is 0.130 e. The number of fused-ring (bicyclic) bond motifs is 2. The second kappa shape index (κ2) is 4.56. The average Bonchev–Trinajstić information content (AvgIpc) is 2.81. The van der Waals surface area contributed by atoms with E-state index in [1.165, 1.54) is 0 Å². The van der Waals surface area contributed by atoms with Gasteiger partial charge in [-0.25, -0.2) is 0 Å². The van der Waals surface area contributed by atoms with Gasteiger partial charge in [0.25, 0.3) is 0 Å². The van der Waals surface area contributed by atoms with E-state index < -0.39 is 0 Å². The van der Waals surface area contributed by atoms with E-state index in [-0.39, 0.29) is 5.54 Å². The van der Waals surface area contributed by atoms with Gasteiger partial charge in [0.1, 0.15) is 5.54 Å². The van der Waals surface area contributed by atoms with Crippen LogP contribution in [0, 0.1) is 17.2 Å². The van der Waals surface area contributed by atoms with Gasteiger partial charge in [0.05, 0.1) is 6.07 Å². The normalized spacial score (nSPS) is 34.0. The maximum atomic E-state index is 9.64. The van der Waals surface area contributed by atoms with Gasteiger partial charge in [-0.3, -0.25) is 0 Å². The molecule has 2 bridgehead atoms. The van der Waals surface area contributed by atoms with E-state index in [1.807, 2.05) is 24.3 Å². The van der Waals surface area contributed by atoms with Crippen LogP contribution in [0.3, 0.4) is 0 Å². The fraction of sp³-hybridized carbons (Fsp3) is 0.500. The van der Waals surface area contributed by atoms with Crippen LogP contribution < -0.4 is 5.32 Å². The molecule has 2 fully saturated rings. The van der Waals surface area contributed by atoms with Crippen molar-refractivity contribution < 1.29 is 0 Å². The first kappa shape index (κ1) is 12.0. The lowest BCUT2D eigenvalue weighted by Gasteiger charge is -2.38. The predicted octanol–water partition coefficient (Wildman–Crippen LogP) is 2.85. The summed E-state index contributed by atoms with van der Waals surface area (Å²) in [6.45, 7) is 3.25. The number of benzene rings is 1. The zero-order valence-corrected chi connectivity index (χ0v) is 11.8. The third-order valence-electron chi connectivity index (χ3n) is 4.20. The van der Waals surface area contributed by atoms with Crippen LogP contribution in [0.5, 0.6) is 0 Å². The molecule has 2 heterocycles. The van der Waals surface area contributed by atoms with E-state index in [4.69, 9.17) is 0 Å². The van der Waals surface area contributed by atoms with E-state index in [2.05, 4.69) is 32.2 Å². The topological polar surface area (TPSA) is 39.1 Å². The van der Waals surface area contributed by atoms with Crippen molar-refractivity contribution in [3.05, 3.63) is 28.7 Å². The molecule has 4 heteroatoms. The SMILES string of the molecule is N#CC1(Nc2ccc(Br)cc2)CCN2CCC1C2. The Morgan fingerprint density at radius 3 is 2.83 bits per heavy atom. The van der Waals surface area contributed by atoms with Crippen LogP contribution in [0.25, 0.3) is 0 Å². The van der Waals surface area contributed by atoms with E-state index in [1.54, 1.807) is 0 Å².